The molecular weight excluding hydrogens is 372 g/mol. The van der Waals surface area contributed by atoms with Gasteiger partial charge in [0.15, 0.2) is 5.82 Å². The first kappa shape index (κ1) is 17.1. The van der Waals surface area contributed by atoms with Crippen LogP contribution < -0.4 is 11.0 Å². The largest absolute Gasteiger partial charge is 0.350 e. The number of hydrogen-bond donors (Lipinski definition) is 1. The van der Waals surface area contributed by atoms with Gasteiger partial charge in [0.05, 0.1) is 11.4 Å². The number of carbonyl (C=O) groups is 1. The maximum atomic E-state index is 12.7. The van der Waals surface area contributed by atoms with Crippen LogP contribution in [0.1, 0.15) is 29.2 Å². The molecule has 0 bridgehead atoms. The Morgan fingerprint density at radius 1 is 1.31 bits per heavy atom. The van der Waals surface area contributed by atoms with E-state index in [1.54, 1.807) is 40.2 Å². The van der Waals surface area contributed by atoms with Crippen molar-refractivity contribution in [3.63, 3.8) is 0 Å². The number of nitrogens with zero attached hydrogens (tertiary/aromatic N) is 3. The molecule has 4 rings (SSSR count). The minimum Gasteiger partial charge on any atom is -0.350 e. The highest BCUT2D eigenvalue weighted by molar-refractivity contribution is 7.13. The zero-order valence-corrected chi connectivity index (χ0v) is 15.5. The van der Waals surface area contributed by atoms with Crippen LogP contribution in [0.3, 0.4) is 0 Å². The molecule has 0 spiro atoms. The molecule has 1 aliphatic carbocycles. The van der Waals surface area contributed by atoms with Gasteiger partial charge < -0.3 is 5.32 Å². The van der Waals surface area contributed by atoms with E-state index in [-0.39, 0.29) is 17.6 Å². The van der Waals surface area contributed by atoms with E-state index in [0.29, 0.717) is 29.5 Å². The number of halogens is 1. The van der Waals surface area contributed by atoms with Gasteiger partial charge >= 0.3 is 5.69 Å². The molecule has 1 N–H and O–H groups in total. The van der Waals surface area contributed by atoms with Gasteiger partial charge in [-0.3, -0.25) is 9.36 Å². The van der Waals surface area contributed by atoms with Crippen molar-refractivity contribution in [2.45, 2.75) is 25.4 Å². The van der Waals surface area contributed by atoms with Crippen molar-refractivity contribution in [3.05, 3.63) is 62.8 Å². The van der Waals surface area contributed by atoms with Gasteiger partial charge in [0.25, 0.3) is 5.91 Å². The molecule has 2 heterocycles. The van der Waals surface area contributed by atoms with E-state index in [0.717, 1.165) is 17.7 Å². The molecule has 2 aromatic heterocycles. The second kappa shape index (κ2) is 7.09. The molecule has 134 valence electrons. The molecule has 0 saturated heterocycles. The maximum absolute atomic E-state index is 12.7. The number of benzene rings is 1. The van der Waals surface area contributed by atoms with Crippen molar-refractivity contribution in [1.29, 1.82) is 0 Å². The summed E-state index contributed by atoms with van der Waals surface area (Å²) in [6.07, 6.45) is 2.02. The zero-order valence-electron chi connectivity index (χ0n) is 13.9. The Morgan fingerprint density at radius 2 is 2.15 bits per heavy atom. The first-order valence-corrected chi connectivity index (χ1v) is 9.66. The van der Waals surface area contributed by atoms with Crippen LogP contribution in [0.15, 0.2) is 46.6 Å². The second-order valence-corrected chi connectivity index (χ2v) is 7.56. The third-order valence-electron chi connectivity index (χ3n) is 4.22. The molecule has 1 aliphatic rings. The van der Waals surface area contributed by atoms with E-state index < -0.39 is 0 Å². The average molecular weight is 389 g/mol. The molecule has 26 heavy (non-hydrogen) atoms. The van der Waals surface area contributed by atoms with Crippen LogP contribution >= 0.6 is 22.9 Å². The number of rotatable bonds is 6. The normalized spacial score (nSPS) is 13.7. The summed E-state index contributed by atoms with van der Waals surface area (Å²) in [5.74, 6) is 0.495. The summed E-state index contributed by atoms with van der Waals surface area (Å²) in [4.78, 5) is 25.8. The molecule has 1 fully saturated rings. The number of carbonyl (C=O) groups excluding carboxylic acids is 1. The molecule has 8 heteroatoms. The Bertz CT molecular complexity index is 989. The van der Waals surface area contributed by atoms with Gasteiger partial charge in [-0.2, -0.15) is 0 Å². The van der Waals surface area contributed by atoms with E-state index in [2.05, 4.69) is 10.4 Å². The highest BCUT2D eigenvalue weighted by Crippen LogP contribution is 2.37. The van der Waals surface area contributed by atoms with Gasteiger partial charge in [-0.1, -0.05) is 23.7 Å². The fraction of sp³-hybridized carbons (Fsp3) is 0.278. The van der Waals surface area contributed by atoms with Crippen molar-refractivity contribution in [3.8, 4) is 10.7 Å². The summed E-state index contributed by atoms with van der Waals surface area (Å²) in [6.45, 7) is 0.639. The first-order valence-electron chi connectivity index (χ1n) is 8.40. The van der Waals surface area contributed by atoms with Gasteiger partial charge in [-0.25, -0.2) is 9.48 Å². The smallest absolute Gasteiger partial charge is 0.346 e. The van der Waals surface area contributed by atoms with Gasteiger partial charge in [0.1, 0.15) is 0 Å². The van der Waals surface area contributed by atoms with Crippen LogP contribution in [-0.4, -0.2) is 26.8 Å². The van der Waals surface area contributed by atoms with Gasteiger partial charge in [0.2, 0.25) is 0 Å². The number of amides is 1. The molecule has 6 nitrogen and oxygen atoms in total. The lowest BCUT2D eigenvalue weighted by Gasteiger charge is -2.05. The molecule has 1 aromatic carbocycles. The topological polar surface area (TPSA) is 68.9 Å². The SMILES string of the molecule is O=C(NCCn1nc(-c2cccs2)n(C2CC2)c1=O)c1cccc(Cl)c1. The fourth-order valence-electron chi connectivity index (χ4n) is 2.81. The minimum absolute atomic E-state index is 0.118. The van der Waals surface area contributed by atoms with E-state index in [4.69, 9.17) is 11.6 Å². The van der Waals surface area contributed by atoms with Crippen LogP contribution in [-0.2, 0) is 6.54 Å². The summed E-state index contributed by atoms with van der Waals surface area (Å²) >= 11 is 7.47. The zero-order chi connectivity index (χ0) is 18.1. The Kier molecular flexibility index (Phi) is 4.65. The summed E-state index contributed by atoms with van der Waals surface area (Å²) in [5, 5.41) is 9.79. The molecule has 0 radical (unpaired) electrons. The first-order chi connectivity index (χ1) is 12.6. The average Bonchev–Trinajstić information content (AvgIpc) is 3.20. The molecule has 0 aliphatic heterocycles. The lowest BCUT2D eigenvalue weighted by Crippen LogP contribution is -2.32. The molecule has 3 aromatic rings. The highest BCUT2D eigenvalue weighted by atomic mass is 35.5. The summed E-state index contributed by atoms with van der Waals surface area (Å²) in [5.41, 5.74) is 0.375. The van der Waals surface area contributed by atoms with Gasteiger partial charge in [-0.15, -0.1) is 16.4 Å². The number of aromatic nitrogens is 3. The predicted molar refractivity (Wildman–Crippen MR) is 102 cm³/mol. The van der Waals surface area contributed by atoms with Crippen LogP contribution in [0.4, 0.5) is 0 Å². The van der Waals surface area contributed by atoms with Crippen LogP contribution in [0, 0.1) is 0 Å². The van der Waals surface area contributed by atoms with E-state index >= 15 is 0 Å². The molecule has 0 unspecified atom stereocenters. The Balaban J connectivity index is 1.48. The third kappa shape index (κ3) is 3.45. The summed E-state index contributed by atoms with van der Waals surface area (Å²) in [6, 6.07) is 10.9. The number of hydrogen-bond acceptors (Lipinski definition) is 4. The van der Waals surface area contributed by atoms with E-state index in [1.807, 2.05) is 17.5 Å². The van der Waals surface area contributed by atoms with Crippen molar-refractivity contribution >= 4 is 28.8 Å². The number of nitrogens with one attached hydrogen (secondary N) is 1. The minimum atomic E-state index is -0.222. The Morgan fingerprint density at radius 3 is 2.85 bits per heavy atom. The monoisotopic (exact) mass is 388 g/mol. The van der Waals surface area contributed by atoms with Gasteiger partial charge in [-0.05, 0) is 42.5 Å². The Labute approximate surface area is 159 Å². The van der Waals surface area contributed by atoms with Crippen molar-refractivity contribution in [2.24, 2.45) is 0 Å². The predicted octanol–water partition coefficient (Wildman–Crippen LogP) is 3.19. The van der Waals surface area contributed by atoms with Crippen molar-refractivity contribution in [1.82, 2.24) is 19.7 Å². The lowest BCUT2D eigenvalue weighted by atomic mass is 10.2. The maximum Gasteiger partial charge on any atom is 0.346 e. The summed E-state index contributed by atoms with van der Waals surface area (Å²) < 4.78 is 3.22. The quantitative estimate of drug-likeness (QED) is 0.705. The second-order valence-electron chi connectivity index (χ2n) is 6.17. The van der Waals surface area contributed by atoms with Crippen LogP contribution in [0.2, 0.25) is 5.02 Å². The fourth-order valence-corrected chi connectivity index (χ4v) is 3.70. The lowest BCUT2D eigenvalue weighted by molar-refractivity contribution is 0.0952. The van der Waals surface area contributed by atoms with Crippen LogP contribution in [0.5, 0.6) is 0 Å². The molecule has 0 atom stereocenters. The van der Waals surface area contributed by atoms with Crippen molar-refractivity contribution < 1.29 is 4.79 Å². The molecular formula is C18H17ClN4O2S. The standard InChI is InChI=1S/C18H17ClN4O2S/c19-13-4-1-3-12(11-13)17(24)20-8-9-22-18(25)23(14-6-7-14)16(21-22)15-5-2-10-26-15/h1-5,10-11,14H,6-9H2,(H,20,24). The molecule has 1 amide bonds. The molecule has 1 saturated carbocycles. The number of thiophene rings is 1. The highest BCUT2D eigenvalue weighted by Gasteiger charge is 2.30. The van der Waals surface area contributed by atoms with Crippen molar-refractivity contribution in [2.75, 3.05) is 6.54 Å². The Hall–Kier alpha value is -2.38. The van der Waals surface area contributed by atoms with Crippen LogP contribution in [0.25, 0.3) is 10.7 Å². The van der Waals surface area contributed by atoms with Gasteiger partial charge in [0, 0.05) is 23.2 Å². The van der Waals surface area contributed by atoms with E-state index in [1.165, 1.54) is 4.68 Å². The third-order valence-corrected chi connectivity index (χ3v) is 5.32. The van der Waals surface area contributed by atoms with E-state index in [9.17, 15) is 9.59 Å². The summed E-state index contributed by atoms with van der Waals surface area (Å²) in [7, 11) is 0.